The number of carbonyl (C=O) groups is 1. The van der Waals surface area contributed by atoms with Gasteiger partial charge in [0.05, 0.1) is 11.9 Å². The minimum absolute atomic E-state index is 0.124. The molecule has 1 aromatic carbocycles. The molecule has 1 aliphatic carbocycles. The number of amides is 1. The monoisotopic (exact) mass is 307 g/mol. The maximum Gasteiger partial charge on any atom is 0.236 e. The van der Waals surface area contributed by atoms with E-state index in [1.165, 1.54) is 12.8 Å². The summed E-state index contributed by atoms with van der Waals surface area (Å²) >= 11 is 4.55. The molecule has 0 aliphatic heterocycles. The molecule has 2 atom stereocenters. The third kappa shape index (κ3) is 4.75. The van der Waals surface area contributed by atoms with E-state index in [4.69, 9.17) is 4.74 Å². The maximum absolute atomic E-state index is 12.7. The molecule has 1 saturated carbocycles. The average Bonchev–Trinajstić information content (AvgIpc) is 3.32. The molecule has 0 heterocycles. The van der Waals surface area contributed by atoms with Gasteiger partial charge in [0.2, 0.25) is 5.91 Å². The molecule has 0 N–H and O–H groups in total. The quantitative estimate of drug-likeness (QED) is 0.748. The van der Waals surface area contributed by atoms with Crippen LogP contribution in [0, 0.1) is 5.92 Å². The Bertz CT molecular complexity index is 447. The molecule has 116 valence electrons. The maximum atomic E-state index is 12.7. The third-order valence-electron chi connectivity index (χ3n) is 4.17. The first-order valence-corrected chi connectivity index (χ1v) is 8.16. The first-order valence-electron chi connectivity index (χ1n) is 7.65. The van der Waals surface area contributed by atoms with E-state index in [9.17, 15) is 4.79 Å². The van der Waals surface area contributed by atoms with Crippen LogP contribution in [0.25, 0.3) is 0 Å². The number of hydrogen-bond acceptors (Lipinski definition) is 3. The molecule has 2 rings (SSSR count). The summed E-state index contributed by atoms with van der Waals surface area (Å²) in [7, 11) is 1.67. The van der Waals surface area contributed by atoms with Gasteiger partial charge in [0.15, 0.2) is 0 Å². The highest BCUT2D eigenvalue weighted by atomic mass is 32.1. The number of benzene rings is 1. The van der Waals surface area contributed by atoms with E-state index in [1.807, 2.05) is 35.2 Å². The standard InChI is InChI=1S/C17H25NO2S/c1-13(15-8-9-15)18(10-11-20-2)17(19)16(21)12-14-6-4-3-5-7-14/h3-7,13,15-16,21H,8-12H2,1-2H3. The summed E-state index contributed by atoms with van der Waals surface area (Å²) in [6.45, 7) is 3.38. The highest BCUT2D eigenvalue weighted by molar-refractivity contribution is 7.81. The summed E-state index contributed by atoms with van der Waals surface area (Å²) in [6.07, 6.45) is 3.13. The van der Waals surface area contributed by atoms with Crippen molar-refractivity contribution >= 4 is 18.5 Å². The molecule has 1 aromatic rings. The molecule has 21 heavy (non-hydrogen) atoms. The molecule has 0 bridgehead atoms. The van der Waals surface area contributed by atoms with Crippen molar-refractivity contribution in [1.29, 1.82) is 0 Å². The minimum Gasteiger partial charge on any atom is -0.383 e. The van der Waals surface area contributed by atoms with Crippen molar-refractivity contribution in [3.05, 3.63) is 35.9 Å². The van der Waals surface area contributed by atoms with E-state index >= 15 is 0 Å². The summed E-state index contributed by atoms with van der Waals surface area (Å²) in [5.41, 5.74) is 1.15. The number of nitrogens with zero attached hydrogens (tertiary/aromatic N) is 1. The van der Waals surface area contributed by atoms with Crippen molar-refractivity contribution in [3.8, 4) is 0 Å². The fourth-order valence-corrected chi connectivity index (χ4v) is 3.01. The Kier molecular flexibility index (Phi) is 6.12. The van der Waals surface area contributed by atoms with E-state index in [1.54, 1.807) is 7.11 Å². The fraction of sp³-hybridized carbons (Fsp3) is 0.588. The van der Waals surface area contributed by atoms with E-state index in [-0.39, 0.29) is 17.2 Å². The molecule has 2 unspecified atom stereocenters. The van der Waals surface area contributed by atoms with Crippen molar-refractivity contribution in [3.63, 3.8) is 0 Å². The Morgan fingerprint density at radius 3 is 2.62 bits per heavy atom. The summed E-state index contributed by atoms with van der Waals surface area (Å²) in [4.78, 5) is 14.7. The molecule has 1 amide bonds. The molecule has 0 radical (unpaired) electrons. The van der Waals surface area contributed by atoms with E-state index < -0.39 is 0 Å². The Morgan fingerprint density at radius 1 is 1.38 bits per heavy atom. The summed E-state index contributed by atoms with van der Waals surface area (Å²) in [6, 6.07) is 10.4. The highest BCUT2D eigenvalue weighted by Crippen LogP contribution is 2.35. The summed E-state index contributed by atoms with van der Waals surface area (Å²) in [5, 5.41) is -0.287. The largest absolute Gasteiger partial charge is 0.383 e. The zero-order valence-corrected chi connectivity index (χ0v) is 13.8. The first-order chi connectivity index (χ1) is 10.1. The molecule has 0 saturated heterocycles. The van der Waals surface area contributed by atoms with Crippen molar-refractivity contribution < 1.29 is 9.53 Å². The van der Waals surface area contributed by atoms with Crippen molar-refractivity contribution in [1.82, 2.24) is 4.90 Å². The van der Waals surface area contributed by atoms with Gasteiger partial charge in [0.1, 0.15) is 0 Å². The van der Waals surface area contributed by atoms with Gasteiger partial charge in [0.25, 0.3) is 0 Å². The highest BCUT2D eigenvalue weighted by Gasteiger charge is 2.35. The van der Waals surface area contributed by atoms with Crippen molar-refractivity contribution in [2.45, 2.75) is 37.5 Å². The zero-order valence-electron chi connectivity index (χ0n) is 12.9. The van der Waals surface area contributed by atoms with Gasteiger partial charge in [-0.3, -0.25) is 4.79 Å². The lowest BCUT2D eigenvalue weighted by molar-refractivity contribution is -0.133. The first kappa shape index (κ1) is 16.4. The molecule has 1 aliphatic rings. The van der Waals surface area contributed by atoms with Crippen molar-refractivity contribution in [2.75, 3.05) is 20.3 Å². The summed E-state index contributed by atoms with van der Waals surface area (Å²) < 4.78 is 5.15. The van der Waals surface area contributed by atoms with Gasteiger partial charge >= 0.3 is 0 Å². The number of rotatable bonds is 8. The van der Waals surface area contributed by atoms with Crippen LogP contribution in [-0.4, -0.2) is 42.4 Å². The van der Waals surface area contributed by atoms with Gasteiger partial charge in [-0.1, -0.05) is 30.3 Å². The van der Waals surface area contributed by atoms with Gasteiger partial charge in [-0.15, -0.1) is 0 Å². The van der Waals surface area contributed by atoms with E-state index in [0.717, 1.165) is 5.56 Å². The fourth-order valence-electron chi connectivity index (χ4n) is 2.65. The van der Waals surface area contributed by atoms with E-state index in [0.29, 0.717) is 25.5 Å². The topological polar surface area (TPSA) is 29.5 Å². The van der Waals surface area contributed by atoms with Crippen LogP contribution in [0.1, 0.15) is 25.3 Å². The van der Waals surface area contributed by atoms with E-state index in [2.05, 4.69) is 19.6 Å². The molecular weight excluding hydrogens is 282 g/mol. The number of hydrogen-bond donors (Lipinski definition) is 1. The number of thiol groups is 1. The summed E-state index contributed by atoms with van der Waals surface area (Å²) in [5.74, 6) is 0.779. The smallest absolute Gasteiger partial charge is 0.236 e. The van der Waals surface area contributed by atoms with Gasteiger partial charge in [-0.25, -0.2) is 0 Å². The minimum atomic E-state index is -0.287. The molecule has 0 spiro atoms. The van der Waals surface area contributed by atoms with Crippen LogP contribution in [0.2, 0.25) is 0 Å². The number of carbonyl (C=O) groups excluding carboxylic acids is 1. The van der Waals surface area contributed by atoms with Gasteiger partial charge < -0.3 is 9.64 Å². The van der Waals surface area contributed by atoms with Crippen LogP contribution >= 0.6 is 12.6 Å². The predicted octanol–water partition coefficient (Wildman–Crippen LogP) is 2.80. The molecule has 0 aromatic heterocycles. The Morgan fingerprint density at radius 2 is 2.05 bits per heavy atom. The van der Waals surface area contributed by atoms with Crippen LogP contribution in [0.5, 0.6) is 0 Å². The third-order valence-corrected chi connectivity index (χ3v) is 4.58. The van der Waals surface area contributed by atoms with Crippen LogP contribution in [0.3, 0.4) is 0 Å². The normalized spacial score (nSPS) is 17.3. The van der Waals surface area contributed by atoms with Crippen LogP contribution < -0.4 is 0 Å². The molecule has 4 heteroatoms. The van der Waals surface area contributed by atoms with Crippen LogP contribution in [0.4, 0.5) is 0 Å². The zero-order chi connectivity index (χ0) is 15.2. The van der Waals surface area contributed by atoms with Crippen LogP contribution in [-0.2, 0) is 16.0 Å². The second-order valence-corrected chi connectivity index (χ2v) is 6.43. The second-order valence-electron chi connectivity index (χ2n) is 5.81. The number of ether oxygens (including phenoxy) is 1. The Labute approximate surface area is 133 Å². The Balaban J connectivity index is 1.98. The molecule has 3 nitrogen and oxygen atoms in total. The van der Waals surface area contributed by atoms with Gasteiger partial charge in [0, 0.05) is 19.7 Å². The SMILES string of the molecule is COCCN(C(=O)C(S)Cc1ccccc1)C(C)C1CC1. The Hall–Kier alpha value is -1.00. The van der Waals surface area contributed by atoms with Crippen molar-refractivity contribution in [2.24, 2.45) is 5.92 Å². The predicted molar refractivity (Wildman–Crippen MR) is 88.7 cm³/mol. The van der Waals surface area contributed by atoms with Gasteiger partial charge in [-0.05, 0) is 37.7 Å². The van der Waals surface area contributed by atoms with Crippen LogP contribution in [0.15, 0.2) is 30.3 Å². The molecule has 1 fully saturated rings. The average molecular weight is 307 g/mol. The lowest BCUT2D eigenvalue weighted by Gasteiger charge is -2.31. The second kappa shape index (κ2) is 7.85. The molecular formula is C17H25NO2S. The lowest BCUT2D eigenvalue weighted by Crippen LogP contribution is -2.46. The lowest BCUT2D eigenvalue weighted by atomic mass is 10.1. The van der Waals surface area contributed by atoms with Gasteiger partial charge in [-0.2, -0.15) is 12.6 Å². The number of methoxy groups -OCH3 is 1.